The molecule has 0 saturated carbocycles. The van der Waals surface area contributed by atoms with Crippen LogP contribution in [0.15, 0.2) is 53.0 Å². The number of rotatable bonds is 1. The Morgan fingerprint density at radius 1 is 0.957 bits per heavy atom. The van der Waals surface area contributed by atoms with E-state index in [1.165, 1.54) is 5.57 Å². The Morgan fingerprint density at radius 3 is 2.65 bits per heavy atom. The molecule has 2 atom stereocenters. The molecule has 23 heavy (non-hydrogen) atoms. The van der Waals surface area contributed by atoms with Gasteiger partial charge in [0.2, 0.25) is 0 Å². The van der Waals surface area contributed by atoms with Gasteiger partial charge in [-0.1, -0.05) is 30.3 Å². The minimum atomic E-state index is -2.93. The third-order valence-electron chi connectivity index (χ3n) is 5.24. The quantitative estimate of drug-likeness (QED) is 0.670. The lowest BCUT2D eigenvalue weighted by Crippen LogP contribution is -2.26. The molecule has 2 aliphatic rings. The van der Waals surface area contributed by atoms with E-state index in [0.29, 0.717) is 6.42 Å². The van der Waals surface area contributed by atoms with Crippen LogP contribution in [-0.2, 0) is 9.84 Å². The fraction of sp³-hybridized carbons (Fsp3) is 0.263. The Balaban J connectivity index is 1.68. The van der Waals surface area contributed by atoms with Crippen LogP contribution in [0.3, 0.4) is 0 Å². The van der Waals surface area contributed by atoms with E-state index in [2.05, 4.69) is 12.1 Å². The molecule has 1 saturated heterocycles. The van der Waals surface area contributed by atoms with E-state index >= 15 is 0 Å². The molecule has 2 aromatic carbocycles. The van der Waals surface area contributed by atoms with Crippen molar-refractivity contribution in [3.63, 3.8) is 0 Å². The smallest absolute Gasteiger partial charge is 0.159 e. The number of fused-ring (bicyclic) bond motifs is 5. The third-order valence-corrected chi connectivity index (χ3v) is 7.79. The summed E-state index contributed by atoms with van der Waals surface area (Å²) in [5.41, 5.74) is 4.05. The van der Waals surface area contributed by atoms with Crippen molar-refractivity contribution in [3.05, 3.63) is 54.1 Å². The normalized spacial score (nSPS) is 25.8. The molecule has 3 nitrogen and oxygen atoms in total. The van der Waals surface area contributed by atoms with Gasteiger partial charge in [-0.2, -0.15) is 0 Å². The van der Waals surface area contributed by atoms with Crippen LogP contribution in [0.2, 0.25) is 0 Å². The Bertz CT molecular complexity index is 1070. The highest BCUT2D eigenvalue weighted by Gasteiger charge is 2.43. The summed E-state index contributed by atoms with van der Waals surface area (Å²) in [6.45, 7) is 0. The molecule has 116 valence electrons. The fourth-order valence-electron chi connectivity index (χ4n) is 4.00. The molecule has 3 heterocycles. The zero-order valence-corrected chi connectivity index (χ0v) is 13.3. The first-order chi connectivity index (χ1) is 11.1. The average Bonchev–Trinajstić information content (AvgIpc) is 2.93. The molecule has 0 amide bonds. The highest BCUT2D eigenvalue weighted by Crippen LogP contribution is 2.41. The number of hydrogen-bond acceptors (Lipinski definition) is 3. The summed E-state index contributed by atoms with van der Waals surface area (Å²) in [7, 11) is -2.93. The maximum atomic E-state index is 12.2. The molecule has 3 aromatic rings. The van der Waals surface area contributed by atoms with Crippen LogP contribution in [0.4, 0.5) is 0 Å². The highest BCUT2D eigenvalue weighted by atomic mass is 32.2. The average molecular weight is 324 g/mol. The number of benzene rings is 2. The Hall–Kier alpha value is -2.07. The van der Waals surface area contributed by atoms with Crippen molar-refractivity contribution >= 4 is 37.3 Å². The van der Waals surface area contributed by atoms with Crippen molar-refractivity contribution in [2.24, 2.45) is 0 Å². The molecule has 0 spiro atoms. The zero-order valence-electron chi connectivity index (χ0n) is 12.5. The van der Waals surface area contributed by atoms with E-state index in [4.69, 9.17) is 4.42 Å². The Morgan fingerprint density at radius 2 is 1.78 bits per heavy atom. The van der Waals surface area contributed by atoms with Crippen molar-refractivity contribution in [3.8, 4) is 0 Å². The number of para-hydroxylation sites is 1. The van der Waals surface area contributed by atoms with E-state index in [9.17, 15) is 8.42 Å². The minimum absolute atomic E-state index is 0.190. The lowest BCUT2D eigenvalue weighted by molar-refractivity contribution is 0.585. The standard InChI is InChI=1S/C19H16O3S/c20-23(21)14-6-7-15(23)10-13(9-14)12-5-8-19-17(11-12)16-3-1-2-4-18(16)22-19/h1-5,8-9,11,14-15H,6-7,10H2. The molecule has 0 N–H and O–H groups in total. The molecule has 5 rings (SSSR count). The monoisotopic (exact) mass is 324 g/mol. The van der Waals surface area contributed by atoms with Crippen LogP contribution in [-0.4, -0.2) is 18.9 Å². The number of sulfone groups is 1. The van der Waals surface area contributed by atoms with Crippen molar-refractivity contribution in [2.45, 2.75) is 29.8 Å². The minimum Gasteiger partial charge on any atom is -0.456 e. The van der Waals surface area contributed by atoms with Gasteiger partial charge in [-0.25, -0.2) is 8.42 Å². The molecule has 4 heteroatoms. The van der Waals surface area contributed by atoms with Gasteiger partial charge < -0.3 is 4.42 Å². The molecule has 1 fully saturated rings. The molecular formula is C19H16O3S. The topological polar surface area (TPSA) is 47.3 Å². The number of furan rings is 1. The van der Waals surface area contributed by atoms with Gasteiger partial charge in [-0.05, 0) is 48.6 Å². The molecule has 1 aromatic heterocycles. The first kappa shape index (κ1) is 13.4. The van der Waals surface area contributed by atoms with Crippen LogP contribution in [0.5, 0.6) is 0 Å². The van der Waals surface area contributed by atoms with Crippen LogP contribution in [0, 0.1) is 0 Å². The van der Waals surface area contributed by atoms with Crippen LogP contribution < -0.4 is 0 Å². The summed E-state index contributed by atoms with van der Waals surface area (Å²) in [5, 5.41) is 1.73. The summed E-state index contributed by atoms with van der Waals surface area (Å²) < 4.78 is 30.3. The van der Waals surface area contributed by atoms with Crippen molar-refractivity contribution in [1.82, 2.24) is 0 Å². The lowest BCUT2D eigenvalue weighted by atomic mass is 9.99. The van der Waals surface area contributed by atoms with Gasteiger partial charge in [0.1, 0.15) is 11.2 Å². The summed E-state index contributed by atoms with van der Waals surface area (Å²) >= 11 is 0. The van der Waals surface area contributed by atoms with Crippen LogP contribution in [0.1, 0.15) is 24.8 Å². The van der Waals surface area contributed by atoms with E-state index < -0.39 is 9.84 Å². The van der Waals surface area contributed by atoms with Crippen molar-refractivity contribution in [1.29, 1.82) is 0 Å². The third kappa shape index (κ3) is 1.84. The van der Waals surface area contributed by atoms with E-state index in [1.54, 1.807) is 0 Å². The second-order valence-corrected chi connectivity index (χ2v) is 8.98. The zero-order chi connectivity index (χ0) is 15.6. The number of allylic oxidation sites excluding steroid dienone is 1. The second kappa shape index (κ2) is 4.48. The Labute approximate surface area is 134 Å². The van der Waals surface area contributed by atoms with Gasteiger partial charge in [0.05, 0.1) is 10.5 Å². The first-order valence-electron chi connectivity index (χ1n) is 7.98. The van der Waals surface area contributed by atoms with E-state index in [-0.39, 0.29) is 10.5 Å². The van der Waals surface area contributed by atoms with Gasteiger partial charge in [-0.3, -0.25) is 0 Å². The molecule has 2 aliphatic heterocycles. The highest BCUT2D eigenvalue weighted by molar-refractivity contribution is 7.93. The predicted octanol–water partition coefficient (Wildman–Crippen LogP) is 4.32. The van der Waals surface area contributed by atoms with E-state index in [0.717, 1.165) is 40.3 Å². The maximum Gasteiger partial charge on any atom is 0.159 e. The van der Waals surface area contributed by atoms with Gasteiger partial charge in [0.25, 0.3) is 0 Å². The summed E-state index contributed by atoms with van der Waals surface area (Å²) in [5.74, 6) is 0. The maximum absolute atomic E-state index is 12.2. The molecule has 2 bridgehead atoms. The summed E-state index contributed by atoms with van der Waals surface area (Å²) in [6.07, 6.45) is 4.18. The van der Waals surface area contributed by atoms with Crippen molar-refractivity contribution in [2.75, 3.05) is 0 Å². The second-order valence-electron chi connectivity index (χ2n) is 6.53. The lowest BCUT2D eigenvalue weighted by Gasteiger charge is -2.20. The van der Waals surface area contributed by atoms with Gasteiger partial charge in [-0.15, -0.1) is 0 Å². The largest absolute Gasteiger partial charge is 0.456 e. The Kier molecular flexibility index (Phi) is 2.61. The molecule has 0 radical (unpaired) electrons. The summed E-state index contributed by atoms with van der Waals surface area (Å²) in [4.78, 5) is 0. The van der Waals surface area contributed by atoms with Gasteiger partial charge in [0, 0.05) is 10.8 Å². The summed E-state index contributed by atoms with van der Waals surface area (Å²) in [6, 6.07) is 14.2. The SMILES string of the molecule is O=S1(=O)C2C=C(c3ccc4oc5ccccc5c4c3)CC1CC2. The molecular weight excluding hydrogens is 308 g/mol. The van der Waals surface area contributed by atoms with Crippen LogP contribution >= 0.6 is 0 Å². The van der Waals surface area contributed by atoms with Gasteiger partial charge in [0.15, 0.2) is 9.84 Å². The first-order valence-corrected chi connectivity index (χ1v) is 9.59. The number of hydrogen-bond donors (Lipinski definition) is 0. The predicted molar refractivity (Wildman–Crippen MR) is 92.0 cm³/mol. The van der Waals surface area contributed by atoms with Crippen molar-refractivity contribution < 1.29 is 12.8 Å². The fourth-order valence-corrected chi connectivity index (χ4v) is 6.19. The van der Waals surface area contributed by atoms with Crippen LogP contribution in [0.25, 0.3) is 27.5 Å². The molecule has 0 aliphatic carbocycles. The van der Waals surface area contributed by atoms with Gasteiger partial charge >= 0.3 is 0 Å². The van der Waals surface area contributed by atoms with E-state index in [1.807, 2.05) is 36.4 Å². The molecule has 2 unspecified atom stereocenters.